The molecular formula is C44H39B3O2. The fourth-order valence-electron chi connectivity index (χ4n) is 8.29. The first-order chi connectivity index (χ1) is 23.9. The van der Waals surface area contributed by atoms with Gasteiger partial charge in [-0.05, 0) is 105 Å². The van der Waals surface area contributed by atoms with Crippen LogP contribution in [0.15, 0.2) is 109 Å². The largest absolute Gasteiger partial charge is 0.505 e. The van der Waals surface area contributed by atoms with Crippen molar-refractivity contribution >= 4 is 63.2 Å². The zero-order valence-corrected chi connectivity index (χ0v) is 28.6. The number of phenols is 2. The molecule has 0 fully saturated rings. The predicted molar refractivity (Wildman–Crippen MR) is 216 cm³/mol. The summed E-state index contributed by atoms with van der Waals surface area (Å²) in [5, 5.41) is 22.6. The molecule has 0 saturated carbocycles. The number of allylic oxidation sites excluding steroid dienone is 6. The first kappa shape index (κ1) is 31.1. The Balaban J connectivity index is 1.32. The summed E-state index contributed by atoms with van der Waals surface area (Å²) in [4.78, 5) is 0. The molecule has 0 aromatic heterocycles. The van der Waals surface area contributed by atoms with Crippen LogP contribution in [0.2, 0.25) is 0 Å². The van der Waals surface area contributed by atoms with Gasteiger partial charge in [-0.2, -0.15) is 0 Å². The molecule has 8 rings (SSSR count). The first-order valence-corrected chi connectivity index (χ1v) is 17.6. The average Bonchev–Trinajstić information content (AvgIpc) is 3.16. The topological polar surface area (TPSA) is 40.5 Å². The number of hydrogen-bond acceptors (Lipinski definition) is 2. The Hall–Kier alpha value is -5.15. The van der Waals surface area contributed by atoms with Gasteiger partial charge in [-0.25, -0.2) is 0 Å². The van der Waals surface area contributed by atoms with Gasteiger partial charge in [-0.3, -0.25) is 0 Å². The van der Waals surface area contributed by atoms with E-state index in [0.717, 1.165) is 59.6 Å². The maximum absolute atomic E-state index is 11.5. The molecule has 1 unspecified atom stereocenters. The Labute approximate surface area is 292 Å². The predicted octanol–water partition coefficient (Wildman–Crippen LogP) is 5.78. The van der Waals surface area contributed by atoms with E-state index < -0.39 is 0 Å². The van der Waals surface area contributed by atoms with E-state index in [0.29, 0.717) is 5.92 Å². The van der Waals surface area contributed by atoms with Crippen molar-refractivity contribution in [2.24, 2.45) is 0 Å². The molecule has 2 nitrogen and oxygen atoms in total. The van der Waals surface area contributed by atoms with Crippen molar-refractivity contribution in [3.8, 4) is 33.8 Å². The lowest BCUT2D eigenvalue weighted by Crippen LogP contribution is -2.40. The molecule has 0 radical (unpaired) electrons. The van der Waals surface area contributed by atoms with Gasteiger partial charge in [0.05, 0.1) is 0 Å². The van der Waals surface area contributed by atoms with Crippen LogP contribution in [0, 0.1) is 0 Å². The van der Waals surface area contributed by atoms with E-state index in [1.54, 1.807) is 0 Å². The van der Waals surface area contributed by atoms with Crippen LogP contribution in [-0.4, -0.2) is 33.8 Å². The second-order valence-corrected chi connectivity index (χ2v) is 13.8. The number of rotatable bonds is 5. The number of phenolic OH excluding ortho intramolecular Hbond substituents is 2. The molecule has 1 atom stereocenters. The van der Waals surface area contributed by atoms with Crippen LogP contribution in [0.3, 0.4) is 0 Å². The van der Waals surface area contributed by atoms with Crippen molar-refractivity contribution < 1.29 is 10.2 Å². The third kappa shape index (κ3) is 5.42. The maximum Gasteiger partial charge on any atom is 0.164 e. The fraction of sp³-hybridized carbons (Fsp3) is 0.136. The van der Waals surface area contributed by atoms with Crippen LogP contribution in [0.25, 0.3) is 45.6 Å². The summed E-state index contributed by atoms with van der Waals surface area (Å²) in [6.07, 6.45) is 18.6. The maximum atomic E-state index is 11.5. The monoisotopic (exact) mass is 632 g/mol. The van der Waals surface area contributed by atoms with E-state index in [2.05, 4.69) is 129 Å². The van der Waals surface area contributed by atoms with Crippen LogP contribution >= 0.6 is 0 Å². The molecule has 0 amide bonds. The smallest absolute Gasteiger partial charge is 0.164 e. The van der Waals surface area contributed by atoms with Crippen molar-refractivity contribution in [1.82, 2.24) is 0 Å². The van der Waals surface area contributed by atoms with Gasteiger partial charge in [-0.1, -0.05) is 132 Å². The summed E-state index contributed by atoms with van der Waals surface area (Å²) in [6, 6.07) is 30.8. The Morgan fingerprint density at radius 1 is 0.571 bits per heavy atom. The second-order valence-electron chi connectivity index (χ2n) is 13.8. The molecule has 236 valence electrons. The van der Waals surface area contributed by atoms with E-state index in [1.807, 2.05) is 15.7 Å². The standard InChI is InChI=1S/C44H39B3O2/c45-40-39(43(48)44(49)42(47)41(40)46)38-35-20-9-7-18-33(35)37(34-19-8-10-21-36(34)38)29-17-11-16-28(22-29)32-24-30(26-12-3-1-4-13-26)23-31(25-32)27-14-5-2-6-15-27/h1-7,10-18,21-24,31,48-49H,8-9,19-20,25,45-47H2. The number of hydrogen-bond donors (Lipinski definition) is 2. The van der Waals surface area contributed by atoms with Crippen LogP contribution in [0.4, 0.5) is 0 Å². The molecule has 5 heteroatoms. The highest BCUT2D eigenvalue weighted by Gasteiger charge is 2.29. The molecule has 49 heavy (non-hydrogen) atoms. The van der Waals surface area contributed by atoms with Gasteiger partial charge in [0.1, 0.15) is 23.5 Å². The van der Waals surface area contributed by atoms with Crippen molar-refractivity contribution in [1.29, 1.82) is 0 Å². The van der Waals surface area contributed by atoms with Gasteiger partial charge in [0.15, 0.2) is 11.5 Å². The summed E-state index contributed by atoms with van der Waals surface area (Å²) >= 11 is 0. The summed E-state index contributed by atoms with van der Waals surface area (Å²) in [7, 11) is 6.01. The Bertz CT molecular complexity index is 2220. The summed E-state index contributed by atoms with van der Waals surface area (Å²) in [5.41, 5.74) is 18.6. The lowest BCUT2D eigenvalue weighted by molar-refractivity contribution is 0.409. The van der Waals surface area contributed by atoms with E-state index in [4.69, 9.17) is 0 Å². The van der Waals surface area contributed by atoms with Gasteiger partial charge in [0.2, 0.25) is 0 Å². The number of aromatic hydroxyl groups is 2. The van der Waals surface area contributed by atoms with Crippen LogP contribution in [0.1, 0.15) is 64.1 Å². The highest BCUT2D eigenvalue weighted by atomic mass is 16.3. The number of fused-ring (bicyclic) bond motifs is 2. The molecule has 5 aromatic rings. The van der Waals surface area contributed by atoms with Gasteiger partial charge in [-0.15, -0.1) is 0 Å². The molecule has 0 aliphatic heterocycles. The molecule has 2 N–H and O–H groups in total. The van der Waals surface area contributed by atoms with Gasteiger partial charge in [0.25, 0.3) is 0 Å². The minimum absolute atomic E-state index is 0.00671. The summed E-state index contributed by atoms with van der Waals surface area (Å²) in [6.45, 7) is 0. The molecule has 0 heterocycles. The SMILES string of the molecule is Bc1c(B)c(O)c(O)c(-c2c3c(c(-c4cccc(C5=CC(c6ccccc6)=CC(c6ccccc6)C5)c4)c4c2CCC=C4)CCC=C3)c1B. The highest BCUT2D eigenvalue weighted by molar-refractivity contribution is 6.59. The third-order valence-corrected chi connectivity index (χ3v) is 11.1. The molecule has 0 bridgehead atoms. The minimum Gasteiger partial charge on any atom is -0.505 e. The lowest BCUT2D eigenvalue weighted by Gasteiger charge is -2.30. The number of benzene rings is 5. The molecule has 3 aliphatic carbocycles. The Morgan fingerprint density at radius 3 is 1.90 bits per heavy atom. The van der Waals surface area contributed by atoms with Crippen LogP contribution in [-0.2, 0) is 12.8 Å². The quantitative estimate of drug-likeness (QED) is 0.191. The van der Waals surface area contributed by atoms with E-state index in [9.17, 15) is 10.2 Å². The normalized spacial score (nSPS) is 16.4. The Morgan fingerprint density at radius 2 is 1.18 bits per heavy atom. The van der Waals surface area contributed by atoms with E-state index >= 15 is 0 Å². The minimum atomic E-state index is -0.0120. The second kappa shape index (κ2) is 12.7. The zero-order chi connectivity index (χ0) is 33.6. The van der Waals surface area contributed by atoms with E-state index in [-0.39, 0.29) is 11.5 Å². The Kier molecular flexibility index (Phi) is 8.08. The van der Waals surface area contributed by atoms with Gasteiger partial charge in [0, 0.05) is 11.5 Å². The van der Waals surface area contributed by atoms with Gasteiger partial charge < -0.3 is 10.2 Å². The molecule has 0 saturated heterocycles. The summed E-state index contributed by atoms with van der Waals surface area (Å²) in [5.74, 6) is 0.271. The lowest BCUT2D eigenvalue weighted by atomic mass is 9.66. The van der Waals surface area contributed by atoms with Crippen LogP contribution in [0.5, 0.6) is 11.5 Å². The highest BCUT2D eigenvalue weighted by Crippen LogP contribution is 2.48. The molecular weight excluding hydrogens is 593 g/mol. The van der Waals surface area contributed by atoms with Gasteiger partial charge >= 0.3 is 0 Å². The first-order valence-electron chi connectivity index (χ1n) is 17.6. The van der Waals surface area contributed by atoms with Crippen molar-refractivity contribution in [3.05, 3.63) is 148 Å². The fourth-order valence-corrected chi connectivity index (χ4v) is 8.29. The van der Waals surface area contributed by atoms with E-state index in [1.165, 1.54) is 61.2 Å². The van der Waals surface area contributed by atoms with Crippen molar-refractivity contribution in [2.75, 3.05) is 0 Å². The molecule has 3 aliphatic rings. The van der Waals surface area contributed by atoms with Crippen LogP contribution < -0.4 is 16.4 Å². The molecule has 0 spiro atoms. The van der Waals surface area contributed by atoms with Crippen molar-refractivity contribution in [3.63, 3.8) is 0 Å². The summed E-state index contributed by atoms with van der Waals surface area (Å²) < 4.78 is 0. The molecule has 5 aromatic carbocycles. The average molecular weight is 632 g/mol. The zero-order valence-electron chi connectivity index (χ0n) is 28.6. The third-order valence-electron chi connectivity index (χ3n) is 11.1. The van der Waals surface area contributed by atoms with Crippen molar-refractivity contribution in [2.45, 2.75) is 38.0 Å².